The second kappa shape index (κ2) is 18.4. The Morgan fingerprint density at radius 2 is 0.958 bits per heavy atom. The molecule has 378 valence electrons. The third-order valence-corrected chi connectivity index (χ3v) is 14.2. The van der Waals surface area contributed by atoms with Crippen molar-refractivity contribution in [2.75, 3.05) is 9.80 Å². The molecule has 0 atom stereocenters. The zero-order valence-corrected chi connectivity index (χ0v) is 48.4. The van der Waals surface area contributed by atoms with Gasteiger partial charge in [-0.25, -0.2) is 4.98 Å². The molecule has 6 aromatic carbocycles. The number of rotatable bonds is 6. The molecule has 0 saturated heterocycles. The first-order valence-corrected chi connectivity index (χ1v) is 25.5. The molecule has 0 amide bonds. The summed E-state index contributed by atoms with van der Waals surface area (Å²) < 4.78 is 9.21. The van der Waals surface area contributed by atoms with Crippen molar-refractivity contribution in [2.45, 2.75) is 157 Å². The number of aromatic nitrogens is 2. The normalized spacial score (nSPS) is 13.8. The molecular weight excluding hydrogens is 1060 g/mol. The Morgan fingerprint density at radius 3 is 1.54 bits per heavy atom. The van der Waals surface area contributed by atoms with Gasteiger partial charge in [-0.2, -0.15) is 6.07 Å². The van der Waals surface area contributed by atoms with Crippen molar-refractivity contribution in [2.24, 2.45) is 0 Å². The molecule has 8 aromatic rings. The molecule has 3 heterocycles. The topological polar surface area (TPSA) is 33.5 Å². The second-order valence-corrected chi connectivity index (χ2v) is 26.2. The van der Waals surface area contributed by atoms with Crippen molar-refractivity contribution in [3.63, 3.8) is 0 Å². The minimum atomic E-state index is -0.182. The van der Waals surface area contributed by atoms with Crippen LogP contribution in [0.5, 0.6) is 11.5 Å². The molecule has 0 unspecified atom stereocenters. The number of ether oxygens (including phenoxy) is 1. The van der Waals surface area contributed by atoms with Gasteiger partial charge in [0.2, 0.25) is 0 Å². The number of nitrogens with zero attached hydrogens (tertiary/aromatic N) is 4. The van der Waals surface area contributed by atoms with E-state index in [9.17, 15) is 0 Å². The molecule has 0 radical (unpaired) electrons. The molecular formula is C66H75N4OPt-3. The molecule has 1 aliphatic heterocycles. The van der Waals surface area contributed by atoms with E-state index in [1.807, 2.05) is 12.3 Å². The number of benzene rings is 6. The summed E-state index contributed by atoms with van der Waals surface area (Å²) in [6, 6.07) is 50.3. The van der Waals surface area contributed by atoms with Gasteiger partial charge in [-0.05, 0) is 119 Å². The van der Waals surface area contributed by atoms with E-state index in [-0.39, 0.29) is 53.6 Å². The monoisotopic (exact) mass is 1130 g/mol. The number of fused-ring (bicyclic) bond motifs is 4. The van der Waals surface area contributed by atoms with Gasteiger partial charge in [0.25, 0.3) is 0 Å². The van der Waals surface area contributed by atoms with Crippen LogP contribution in [0, 0.1) is 18.8 Å². The van der Waals surface area contributed by atoms with Crippen LogP contribution in [-0.4, -0.2) is 9.55 Å². The van der Waals surface area contributed by atoms with Crippen molar-refractivity contribution in [1.29, 1.82) is 0 Å². The van der Waals surface area contributed by atoms with Crippen molar-refractivity contribution in [3.05, 3.63) is 174 Å². The molecule has 72 heavy (non-hydrogen) atoms. The maximum atomic E-state index is 6.95. The van der Waals surface area contributed by atoms with Crippen molar-refractivity contribution >= 4 is 44.6 Å². The van der Waals surface area contributed by atoms with Crippen LogP contribution in [0.1, 0.15) is 158 Å². The van der Waals surface area contributed by atoms with E-state index in [1.54, 1.807) is 0 Å². The van der Waals surface area contributed by atoms with Crippen LogP contribution in [0.2, 0.25) is 0 Å². The Morgan fingerprint density at radius 1 is 0.444 bits per heavy atom. The zero-order chi connectivity index (χ0) is 51.4. The van der Waals surface area contributed by atoms with E-state index in [4.69, 9.17) is 9.72 Å². The van der Waals surface area contributed by atoms with Crippen LogP contribution in [0.15, 0.2) is 121 Å². The van der Waals surface area contributed by atoms with Gasteiger partial charge < -0.3 is 19.1 Å². The molecule has 6 heteroatoms. The Bertz CT molecular complexity index is 3300. The summed E-state index contributed by atoms with van der Waals surface area (Å²) >= 11 is 0. The van der Waals surface area contributed by atoms with Gasteiger partial charge in [-0.3, -0.25) is 0 Å². The summed E-state index contributed by atoms with van der Waals surface area (Å²) in [5.41, 5.74) is 15.9. The number of pyridine rings is 1. The van der Waals surface area contributed by atoms with Crippen LogP contribution >= 0.6 is 0 Å². The molecule has 0 saturated carbocycles. The predicted molar refractivity (Wildman–Crippen MR) is 302 cm³/mol. The fraction of sp³-hybridized carbons (Fsp3) is 0.364. The van der Waals surface area contributed by atoms with Gasteiger partial charge in [0, 0.05) is 61.3 Å². The summed E-state index contributed by atoms with van der Waals surface area (Å²) in [6.07, 6.45) is 1.93. The number of hydrogen-bond acceptors (Lipinski definition) is 4. The third-order valence-electron chi connectivity index (χ3n) is 14.2. The molecule has 1 aliphatic rings. The van der Waals surface area contributed by atoms with Gasteiger partial charge >= 0.3 is 0 Å². The van der Waals surface area contributed by atoms with Crippen LogP contribution in [0.3, 0.4) is 0 Å². The summed E-state index contributed by atoms with van der Waals surface area (Å²) in [5, 5.41) is 2.26. The number of hydrogen-bond donors (Lipinski definition) is 0. The SMILES string of the molecule is CC(C)(C)c1cc(Oc2[c-]c3c(cc2)c2ccc(C(C)(C)C)cc2n3-c2cc(C(C)(C)C)ccn2)[c-]c(N2[CH-]N(c3cc(-c4cc(C(C)(C)C)cc(C(C)(C)C)c4)cc(C(C)(C)C)c3)c3ccccc32)c1.[Pt]. The Balaban J connectivity index is 0.00000693. The van der Waals surface area contributed by atoms with Crippen molar-refractivity contribution in [3.8, 4) is 28.4 Å². The summed E-state index contributed by atoms with van der Waals surface area (Å²) in [5.74, 6) is 2.10. The Labute approximate surface area is 446 Å². The van der Waals surface area contributed by atoms with Crippen molar-refractivity contribution < 1.29 is 25.8 Å². The van der Waals surface area contributed by atoms with Gasteiger partial charge in [0.05, 0.1) is 0 Å². The van der Waals surface area contributed by atoms with E-state index in [1.165, 1.54) is 38.9 Å². The average Bonchev–Trinajstić information content (AvgIpc) is 3.83. The summed E-state index contributed by atoms with van der Waals surface area (Å²) in [4.78, 5) is 9.60. The standard InChI is InChI=1S/C66H75N4O.Pt/c1-61(2,3)44-23-25-54-55-26-24-52(40-59(55)70(58(54)37-44)60-38-45(27-28-67-60)62(4,5)6)71-53-36-49(66(16,17)18)35-51(39-53)69-41-68(56-21-19-20-22-57(56)69)50-32-43(31-48(34-50)65(13,14)15)42-29-46(63(7,8)9)33-47(30-42)64(10,11)12;/h19-38,41H,1-18H3;/q-3;. The first-order chi connectivity index (χ1) is 32.9. The summed E-state index contributed by atoms with van der Waals surface area (Å²) in [6.45, 7) is 43.3. The molecule has 0 spiro atoms. The number of para-hydroxylation sites is 2. The maximum absolute atomic E-state index is 6.95. The fourth-order valence-corrected chi connectivity index (χ4v) is 9.48. The average molecular weight is 1140 g/mol. The summed E-state index contributed by atoms with van der Waals surface area (Å²) in [7, 11) is 0. The first kappa shape index (κ1) is 52.7. The Hall–Kier alpha value is -5.64. The number of anilines is 4. The molecule has 9 rings (SSSR count). The fourth-order valence-electron chi connectivity index (χ4n) is 9.48. The van der Waals surface area contributed by atoms with E-state index >= 15 is 0 Å². The quantitative estimate of drug-likeness (QED) is 0.155. The molecule has 0 N–H and O–H groups in total. The molecule has 0 aliphatic carbocycles. The first-order valence-electron chi connectivity index (χ1n) is 25.5. The zero-order valence-electron chi connectivity index (χ0n) is 46.1. The molecule has 5 nitrogen and oxygen atoms in total. The third kappa shape index (κ3) is 10.4. The van der Waals surface area contributed by atoms with E-state index in [0.717, 1.165) is 55.9 Å². The van der Waals surface area contributed by atoms with Crippen LogP contribution < -0.4 is 14.5 Å². The maximum Gasteiger partial charge on any atom is 0.135 e. The van der Waals surface area contributed by atoms with Gasteiger partial charge in [0.15, 0.2) is 0 Å². The predicted octanol–water partition coefficient (Wildman–Crippen LogP) is 18.4. The van der Waals surface area contributed by atoms with Gasteiger partial charge in [0.1, 0.15) is 5.82 Å². The van der Waals surface area contributed by atoms with Crippen LogP contribution in [-0.2, 0) is 53.6 Å². The van der Waals surface area contributed by atoms with Gasteiger partial charge in [-0.15, -0.1) is 53.6 Å². The minimum Gasteiger partial charge on any atom is -0.509 e. The minimum absolute atomic E-state index is 0. The van der Waals surface area contributed by atoms with E-state index < -0.39 is 0 Å². The Kier molecular flexibility index (Phi) is 13.4. The van der Waals surface area contributed by atoms with Crippen molar-refractivity contribution in [1.82, 2.24) is 9.55 Å². The van der Waals surface area contributed by atoms with E-state index in [2.05, 4.69) is 267 Å². The van der Waals surface area contributed by atoms with Crippen LogP contribution in [0.4, 0.5) is 22.7 Å². The smallest absolute Gasteiger partial charge is 0.135 e. The van der Waals surface area contributed by atoms with Gasteiger partial charge in [-0.1, -0.05) is 179 Å². The van der Waals surface area contributed by atoms with Crippen LogP contribution in [0.25, 0.3) is 38.8 Å². The molecule has 2 aromatic heterocycles. The largest absolute Gasteiger partial charge is 0.509 e. The second-order valence-electron chi connectivity index (χ2n) is 26.2. The molecule has 0 fully saturated rings. The molecule has 0 bridgehead atoms. The van der Waals surface area contributed by atoms with E-state index in [0.29, 0.717) is 11.5 Å².